The third-order valence-corrected chi connectivity index (χ3v) is 4.33. The van der Waals surface area contributed by atoms with E-state index in [0.717, 1.165) is 17.8 Å². The zero-order valence-corrected chi connectivity index (χ0v) is 14.7. The molecule has 27 heavy (non-hydrogen) atoms. The largest absolute Gasteiger partial charge is 0.478 e. The van der Waals surface area contributed by atoms with Crippen molar-refractivity contribution in [3.8, 4) is 5.75 Å². The van der Waals surface area contributed by atoms with Crippen molar-refractivity contribution in [1.29, 1.82) is 0 Å². The number of hydrogen-bond acceptors (Lipinski definition) is 9. The van der Waals surface area contributed by atoms with Gasteiger partial charge < -0.3 is 19.3 Å². The SMILES string of the molecule is COC(=O)/C=C1/S/C(=N\N=Cc2cc(C(=O)O)cc3c2OCOC3)NC1=O. The van der Waals surface area contributed by atoms with E-state index < -0.39 is 17.8 Å². The number of carbonyl (C=O) groups excluding carboxylic acids is 2. The monoisotopic (exact) mass is 391 g/mol. The molecule has 140 valence electrons. The topological polar surface area (TPSA) is 136 Å². The van der Waals surface area contributed by atoms with E-state index in [0.29, 0.717) is 16.9 Å². The molecule has 1 aromatic carbocycles. The van der Waals surface area contributed by atoms with Crippen LogP contribution in [-0.4, -0.2) is 48.2 Å². The maximum absolute atomic E-state index is 11.7. The number of nitrogens with one attached hydrogen (secondary N) is 1. The Bertz CT molecular complexity index is 908. The predicted molar refractivity (Wildman–Crippen MR) is 94.5 cm³/mol. The number of carboxylic acid groups (broad SMARTS) is 1. The first-order chi connectivity index (χ1) is 13.0. The fraction of sp³-hybridized carbons (Fsp3) is 0.188. The Morgan fingerprint density at radius 2 is 2.22 bits per heavy atom. The molecule has 2 N–H and O–H groups in total. The third kappa shape index (κ3) is 4.33. The van der Waals surface area contributed by atoms with Gasteiger partial charge in [0.2, 0.25) is 0 Å². The van der Waals surface area contributed by atoms with E-state index >= 15 is 0 Å². The van der Waals surface area contributed by atoms with Crippen molar-refractivity contribution in [3.05, 3.63) is 39.8 Å². The summed E-state index contributed by atoms with van der Waals surface area (Å²) >= 11 is 0.925. The van der Waals surface area contributed by atoms with E-state index in [1.165, 1.54) is 25.5 Å². The van der Waals surface area contributed by atoms with E-state index in [1.807, 2.05) is 0 Å². The number of benzene rings is 1. The van der Waals surface area contributed by atoms with Gasteiger partial charge in [-0.05, 0) is 23.9 Å². The molecular formula is C16H13N3O7S. The quantitative estimate of drug-likeness (QED) is 0.334. The van der Waals surface area contributed by atoms with Gasteiger partial charge in [-0.2, -0.15) is 5.10 Å². The van der Waals surface area contributed by atoms with Crippen LogP contribution in [0.15, 0.2) is 33.3 Å². The van der Waals surface area contributed by atoms with Crippen LogP contribution in [-0.2, 0) is 25.7 Å². The minimum Gasteiger partial charge on any atom is -0.478 e. The molecule has 0 aliphatic carbocycles. The summed E-state index contributed by atoms with van der Waals surface area (Å²) in [5.74, 6) is -1.79. The molecule has 0 radical (unpaired) electrons. The number of methoxy groups -OCH3 is 1. The molecule has 0 spiro atoms. The summed E-state index contributed by atoms with van der Waals surface area (Å²) in [6.07, 6.45) is 2.37. The highest BCUT2D eigenvalue weighted by Gasteiger charge is 2.25. The van der Waals surface area contributed by atoms with Crippen LogP contribution in [0.3, 0.4) is 0 Å². The average molecular weight is 391 g/mol. The lowest BCUT2D eigenvalue weighted by Crippen LogP contribution is -2.19. The fourth-order valence-electron chi connectivity index (χ4n) is 2.25. The highest BCUT2D eigenvalue weighted by molar-refractivity contribution is 8.18. The second-order valence-corrected chi connectivity index (χ2v) is 6.24. The van der Waals surface area contributed by atoms with Crippen LogP contribution in [0, 0.1) is 0 Å². The first kappa shape index (κ1) is 18.6. The second-order valence-electron chi connectivity index (χ2n) is 5.21. The number of hydrogen-bond donors (Lipinski definition) is 2. The Morgan fingerprint density at radius 1 is 1.41 bits per heavy atom. The summed E-state index contributed by atoms with van der Waals surface area (Å²) in [6.45, 7) is 0.266. The first-order valence-corrected chi connectivity index (χ1v) is 8.30. The minimum absolute atomic E-state index is 0.0440. The van der Waals surface area contributed by atoms with Crippen LogP contribution in [0.25, 0.3) is 0 Å². The molecule has 1 amide bonds. The molecular weight excluding hydrogens is 378 g/mol. The van der Waals surface area contributed by atoms with Crippen LogP contribution in [0.5, 0.6) is 5.75 Å². The number of amidine groups is 1. The molecule has 0 bridgehead atoms. The number of carbonyl (C=O) groups is 3. The Kier molecular flexibility index (Phi) is 5.52. The fourth-order valence-corrected chi connectivity index (χ4v) is 2.99. The molecule has 1 aromatic rings. The number of ether oxygens (including phenoxy) is 3. The molecule has 1 saturated heterocycles. The molecule has 0 saturated carbocycles. The van der Waals surface area contributed by atoms with Gasteiger partial charge in [-0.15, -0.1) is 5.10 Å². The summed E-state index contributed by atoms with van der Waals surface area (Å²) in [6, 6.07) is 2.87. The van der Waals surface area contributed by atoms with E-state index in [2.05, 4.69) is 20.3 Å². The van der Waals surface area contributed by atoms with E-state index in [-0.39, 0.29) is 29.0 Å². The number of thioether (sulfide) groups is 1. The number of nitrogens with zero attached hydrogens (tertiary/aromatic N) is 2. The van der Waals surface area contributed by atoms with Crippen molar-refractivity contribution in [2.24, 2.45) is 10.2 Å². The minimum atomic E-state index is -1.10. The molecule has 3 rings (SSSR count). The number of amides is 1. The second kappa shape index (κ2) is 8.01. The molecule has 0 unspecified atom stereocenters. The summed E-state index contributed by atoms with van der Waals surface area (Å²) in [5.41, 5.74) is 1.06. The number of rotatable bonds is 4. The standard InChI is InChI=1S/C16H13N3O7S/c1-24-12(20)4-11-14(21)18-16(27-11)19-17-5-9-2-8(15(22)23)3-10-6-25-7-26-13(9)10/h2-5H,6-7H2,1H3,(H,22,23)(H,18,19,21)/b11-4+,17-5?. The molecule has 2 aliphatic rings. The van der Waals surface area contributed by atoms with Crippen molar-refractivity contribution in [1.82, 2.24) is 5.32 Å². The molecule has 0 aromatic heterocycles. The molecule has 10 nitrogen and oxygen atoms in total. The van der Waals surface area contributed by atoms with Gasteiger partial charge in [-0.3, -0.25) is 10.1 Å². The predicted octanol–water partition coefficient (Wildman–Crippen LogP) is 0.861. The summed E-state index contributed by atoms with van der Waals surface area (Å²) in [5, 5.41) is 19.6. The lowest BCUT2D eigenvalue weighted by molar-refractivity contribution is -0.135. The summed E-state index contributed by atoms with van der Waals surface area (Å²) < 4.78 is 15.0. The van der Waals surface area contributed by atoms with Crippen LogP contribution in [0.2, 0.25) is 0 Å². The van der Waals surface area contributed by atoms with E-state index in [4.69, 9.17) is 9.47 Å². The van der Waals surface area contributed by atoms with Gasteiger partial charge in [0.25, 0.3) is 5.91 Å². The molecule has 2 aliphatic heterocycles. The van der Waals surface area contributed by atoms with Crippen LogP contribution in [0.4, 0.5) is 0 Å². The average Bonchev–Trinajstić information content (AvgIpc) is 3.00. The van der Waals surface area contributed by atoms with Gasteiger partial charge in [0, 0.05) is 17.2 Å². The van der Waals surface area contributed by atoms with Crippen molar-refractivity contribution in [3.63, 3.8) is 0 Å². The van der Waals surface area contributed by atoms with Crippen LogP contribution in [0.1, 0.15) is 21.5 Å². The molecule has 11 heteroatoms. The maximum atomic E-state index is 11.7. The summed E-state index contributed by atoms with van der Waals surface area (Å²) in [4.78, 5) is 34.3. The van der Waals surface area contributed by atoms with Crippen molar-refractivity contribution >= 4 is 41.0 Å². The van der Waals surface area contributed by atoms with Gasteiger partial charge in [-0.1, -0.05) is 0 Å². The van der Waals surface area contributed by atoms with Crippen molar-refractivity contribution in [2.75, 3.05) is 13.9 Å². The first-order valence-electron chi connectivity index (χ1n) is 7.48. The van der Waals surface area contributed by atoms with Gasteiger partial charge >= 0.3 is 11.9 Å². The lowest BCUT2D eigenvalue weighted by atomic mass is 10.0. The molecule has 0 atom stereocenters. The maximum Gasteiger partial charge on any atom is 0.335 e. The Hall–Kier alpha value is -3.18. The number of esters is 1. The van der Waals surface area contributed by atoms with Crippen molar-refractivity contribution < 1.29 is 33.7 Å². The Morgan fingerprint density at radius 3 is 2.96 bits per heavy atom. The van der Waals surface area contributed by atoms with E-state index in [9.17, 15) is 19.5 Å². The highest BCUT2D eigenvalue weighted by atomic mass is 32.2. The zero-order valence-electron chi connectivity index (χ0n) is 13.9. The van der Waals surface area contributed by atoms with Crippen LogP contribution < -0.4 is 10.1 Å². The van der Waals surface area contributed by atoms with Gasteiger partial charge in [0.15, 0.2) is 12.0 Å². The zero-order chi connectivity index (χ0) is 19.4. The van der Waals surface area contributed by atoms with E-state index in [1.54, 1.807) is 0 Å². The number of fused-ring (bicyclic) bond motifs is 1. The number of aromatic carboxylic acids is 1. The lowest BCUT2D eigenvalue weighted by Gasteiger charge is -2.19. The summed E-state index contributed by atoms with van der Waals surface area (Å²) in [7, 11) is 1.20. The number of carboxylic acids is 1. The van der Waals surface area contributed by atoms with Gasteiger partial charge in [0.05, 0.1) is 30.4 Å². The highest BCUT2D eigenvalue weighted by Crippen LogP contribution is 2.29. The smallest absolute Gasteiger partial charge is 0.335 e. The third-order valence-electron chi connectivity index (χ3n) is 3.43. The Labute approximate surface area is 156 Å². The Balaban J connectivity index is 1.82. The van der Waals surface area contributed by atoms with Crippen LogP contribution >= 0.6 is 11.8 Å². The normalized spacial score (nSPS) is 19.1. The van der Waals surface area contributed by atoms with Gasteiger partial charge in [0.1, 0.15) is 5.75 Å². The van der Waals surface area contributed by atoms with Gasteiger partial charge in [-0.25, -0.2) is 9.59 Å². The molecule has 1 fully saturated rings. The van der Waals surface area contributed by atoms with Crippen molar-refractivity contribution in [2.45, 2.75) is 6.61 Å². The molecule has 2 heterocycles.